The number of aliphatic hydroxyl groups is 1. The minimum Gasteiger partial charge on any atom is -0.497 e. The SMILES string of the molecule is CC(C)Cc1ccc(C(C)C(=O)O)cc1.CC[C@](O)(c1cccc(OC)c1)[C@H](C)CN(C)C. The molecule has 33 heavy (non-hydrogen) atoms. The van der Waals surface area contributed by atoms with E-state index in [1.807, 2.05) is 69.6 Å². The summed E-state index contributed by atoms with van der Waals surface area (Å²) in [7, 11) is 5.70. The van der Waals surface area contributed by atoms with Gasteiger partial charge in [-0.05, 0) is 68.6 Å². The summed E-state index contributed by atoms with van der Waals surface area (Å²) in [5, 5.41) is 19.8. The van der Waals surface area contributed by atoms with Crippen molar-refractivity contribution in [3.05, 3.63) is 65.2 Å². The van der Waals surface area contributed by atoms with Crippen LogP contribution in [-0.2, 0) is 16.8 Å². The van der Waals surface area contributed by atoms with Gasteiger partial charge in [0.15, 0.2) is 0 Å². The first kappa shape index (κ1) is 28.7. The quantitative estimate of drug-likeness (QED) is 0.488. The Kier molecular flexibility index (Phi) is 11.6. The Labute approximate surface area is 200 Å². The Balaban J connectivity index is 0.000000335. The van der Waals surface area contributed by atoms with E-state index in [-0.39, 0.29) is 5.92 Å². The summed E-state index contributed by atoms with van der Waals surface area (Å²) in [5.41, 5.74) is 2.26. The number of aliphatic carboxylic acids is 1. The highest BCUT2D eigenvalue weighted by Gasteiger charge is 2.34. The number of methoxy groups -OCH3 is 1. The molecule has 0 saturated carbocycles. The maximum atomic E-state index is 10.9. The number of hydrogen-bond donors (Lipinski definition) is 2. The van der Waals surface area contributed by atoms with Crippen LogP contribution in [0.4, 0.5) is 0 Å². The summed E-state index contributed by atoms with van der Waals surface area (Å²) < 4.78 is 5.23. The summed E-state index contributed by atoms with van der Waals surface area (Å²) >= 11 is 0. The topological polar surface area (TPSA) is 70.0 Å². The number of carbonyl (C=O) groups is 1. The minimum absolute atomic E-state index is 0.157. The number of hydrogen-bond acceptors (Lipinski definition) is 4. The van der Waals surface area contributed by atoms with E-state index >= 15 is 0 Å². The second-order valence-electron chi connectivity index (χ2n) is 9.57. The second kappa shape index (κ2) is 13.4. The van der Waals surface area contributed by atoms with Crippen molar-refractivity contribution in [2.75, 3.05) is 27.7 Å². The molecule has 1 unspecified atom stereocenters. The van der Waals surface area contributed by atoms with Crippen LogP contribution in [0.5, 0.6) is 5.75 Å². The van der Waals surface area contributed by atoms with Crippen LogP contribution >= 0.6 is 0 Å². The Bertz CT molecular complexity index is 847. The first-order valence-corrected chi connectivity index (χ1v) is 11.8. The van der Waals surface area contributed by atoms with Crippen molar-refractivity contribution in [1.29, 1.82) is 0 Å². The molecule has 2 N–H and O–H groups in total. The van der Waals surface area contributed by atoms with Gasteiger partial charge in [-0.1, -0.05) is 64.1 Å². The maximum absolute atomic E-state index is 10.9. The molecule has 0 radical (unpaired) electrons. The number of ether oxygens (including phenoxy) is 1. The van der Waals surface area contributed by atoms with E-state index in [0.29, 0.717) is 12.3 Å². The molecular weight excluding hydrogens is 414 g/mol. The summed E-state index contributed by atoms with van der Waals surface area (Å²) in [4.78, 5) is 12.9. The summed E-state index contributed by atoms with van der Waals surface area (Å²) in [6.45, 7) is 11.0. The summed E-state index contributed by atoms with van der Waals surface area (Å²) in [6, 6.07) is 15.6. The van der Waals surface area contributed by atoms with E-state index < -0.39 is 17.5 Å². The number of rotatable bonds is 10. The molecule has 184 valence electrons. The van der Waals surface area contributed by atoms with Gasteiger partial charge >= 0.3 is 5.97 Å². The first-order valence-electron chi connectivity index (χ1n) is 11.8. The van der Waals surface area contributed by atoms with Gasteiger partial charge in [0.1, 0.15) is 5.75 Å². The predicted octanol–water partition coefficient (Wildman–Crippen LogP) is 5.56. The lowest BCUT2D eigenvalue weighted by molar-refractivity contribution is -0.138. The Hall–Kier alpha value is -2.37. The third-order valence-electron chi connectivity index (χ3n) is 6.06. The van der Waals surface area contributed by atoms with Crippen molar-refractivity contribution in [1.82, 2.24) is 4.90 Å². The standard InChI is InChI=1S/C15H25NO2.C13H18O2/c1-6-15(17,12(2)11-16(3)4)13-8-7-9-14(10-13)18-5;1-9(2)8-11-4-6-12(7-5-11)10(3)13(14)15/h7-10,12,17H,6,11H2,1-5H3;4-7,9-10H,8H2,1-3H3,(H,14,15)/t12-,15-;/m1./s1. The fourth-order valence-corrected chi connectivity index (χ4v) is 3.98. The van der Waals surface area contributed by atoms with Crippen LogP contribution in [0.1, 0.15) is 63.6 Å². The summed E-state index contributed by atoms with van der Waals surface area (Å²) in [6.07, 6.45) is 1.73. The lowest BCUT2D eigenvalue weighted by Gasteiger charge is -2.35. The van der Waals surface area contributed by atoms with Gasteiger partial charge in [-0.3, -0.25) is 4.79 Å². The van der Waals surface area contributed by atoms with E-state index in [1.54, 1.807) is 14.0 Å². The predicted molar refractivity (Wildman–Crippen MR) is 136 cm³/mol. The van der Waals surface area contributed by atoms with Gasteiger partial charge in [-0.2, -0.15) is 0 Å². The van der Waals surface area contributed by atoms with E-state index in [9.17, 15) is 9.90 Å². The van der Waals surface area contributed by atoms with E-state index in [1.165, 1.54) is 5.56 Å². The molecule has 0 amide bonds. The number of nitrogens with zero attached hydrogens (tertiary/aromatic N) is 1. The average Bonchev–Trinajstić information content (AvgIpc) is 2.78. The average molecular weight is 458 g/mol. The Morgan fingerprint density at radius 2 is 1.67 bits per heavy atom. The van der Waals surface area contributed by atoms with Crippen LogP contribution in [0.2, 0.25) is 0 Å². The zero-order chi connectivity index (χ0) is 25.2. The monoisotopic (exact) mass is 457 g/mol. The normalized spacial score (nSPS) is 14.8. The van der Waals surface area contributed by atoms with Gasteiger partial charge in [0.2, 0.25) is 0 Å². The van der Waals surface area contributed by atoms with Gasteiger partial charge in [0.05, 0.1) is 18.6 Å². The van der Waals surface area contributed by atoms with Crippen molar-refractivity contribution in [2.45, 2.75) is 59.0 Å². The van der Waals surface area contributed by atoms with Crippen LogP contribution in [0.15, 0.2) is 48.5 Å². The van der Waals surface area contributed by atoms with Gasteiger partial charge in [0, 0.05) is 12.5 Å². The van der Waals surface area contributed by atoms with Crippen molar-refractivity contribution < 1.29 is 19.7 Å². The van der Waals surface area contributed by atoms with Gasteiger partial charge in [0.25, 0.3) is 0 Å². The molecule has 0 aliphatic carbocycles. The first-order chi connectivity index (χ1) is 15.4. The van der Waals surface area contributed by atoms with E-state index in [2.05, 4.69) is 25.7 Å². The molecule has 2 rings (SSSR count). The Morgan fingerprint density at radius 1 is 1.06 bits per heavy atom. The lowest BCUT2D eigenvalue weighted by Crippen LogP contribution is -2.38. The molecule has 0 saturated heterocycles. The molecule has 0 spiro atoms. The van der Waals surface area contributed by atoms with Crippen molar-refractivity contribution in [2.24, 2.45) is 11.8 Å². The van der Waals surface area contributed by atoms with E-state index in [4.69, 9.17) is 9.84 Å². The minimum atomic E-state index is -0.807. The molecule has 2 aromatic carbocycles. The third-order valence-corrected chi connectivity index (χ3v) is 6.06. The fraction of sp³-hybridized carbons (Fsp3) is 0.536. The molecule has 5 nitrogen and oxygen atoms in total. The largest absolute Gasteiger partial charge is 0.497 e. The van der Waals surface area contributed by atoms with Crippen molar-refractivity contribution in [3.63, 3.8) is 0 Å². The van der Waals surface area contributed by atoms with Gasteiger partial charge < -0.3 is 19.8 Å². The highest BCUT2D eigenvalue weighted by atomic mass is 16.5. The van der Waals surface area contributed by atoms with Gasteiger partial charge in [-0.15, -0.1) is 0 Å². The van der Waals surface area contributed by atoms with Crippen LogP contribution in [0, 0.1) is 11.8 Å². The molecule has 2 aromatic rings. The molecule has 5 heteroatoms. The summed E-state index contributed by atoms with van der Waals surface area (Å²) in [5.74, 6) is 0.387. The fourth-order valence-electron chi connectivity index (χ4n) is 3.98. The molecule has 0 aromatic heterocycles. The van der Waals surface area contributed by atoms with Gasteiger partial charge in [-0.25, -0.2) is 0 Å². The maximum Gasteiger partial charge on any atom is 0.310 e. The number of carboxylic acid groups (broad SMARTS) is 1. The third kappa shape index (κ3) is 8.82. The molecule has 0 fully saturated rings. The zero-order valence-corrected chi connectivity index (χ0v) is 21.6. The van der Waals surface area contributed by atoms with Crippen LogP contribution < -0.4 is 4.74 Å². The smallest absolute Gasteiger partial charge is 0.310 e. The number of carboxylic acids is 1. The van der Waals surface area contributed by atoms with Crippen molar-refractivity contribution >= 4 is 5.97 Å². The van der Waals surface area contributed by atoms with Crippen molar-refractivity contribution in [3.8, 4) is 5.75 Å². The molecule has 3 atom stereocenters. The van der Waals surface area contributed by atoms with Crippen LogP contribution in [0.25, 0.3) is 0 Å². The molecule has 0 aliphatic heterocycles. The lowest BCUT2D eigenvalue weighted by atomic mass is 9.80. The molecule has 0 aliphatic rings. The highest BCUT2D eigenvalue weighted by Crippen LogP contribution is 2.35. The molecule has 0 bridgehead atoms. The molecule has 0 heterocycles. The van der Waals surface area contributed by atoms with Crippen LogP contribution in [-0.4, -0.2) is 48.8 Å². The zero-order valence-electron chi connectivity index (χ0n) is 21.6. The van der Waals surface area contributed by atoms with E-state index in [0.717, 1.165) is 29.8 Å². The van der Waals surface area contributed by atoms with Crippen LogP contribution in [0.3, 0.4) is 0 Å². The second-order valence-corrected chi connectivity index (χ2v) is 9.57. The Morgan fingerprint density at radius 3 is 2.12 bits per heavy atom. The molecular formula is C28H43NO4. The highest BCUT2D eigenvalue weighted by molar-refractivity contribution is 5.75. The number of benzene rings is 2.